The van der Waals surface area contributed by atoms with E-state index >= 15 is 0 Å². The van der Waals surface area contributed by atoms with E-state index in [0.717, 1.165) is 20.1 Å². The molecule has 0 radical (unpaired) electrons. The van der Waals surface area contributed by atoms with Crippen LogP contribution in [0.3, 0.4) is 0 Å². The van der Waals surface area contributed by atoms with Gasteiger partial charge in [0.15, 0.2) is 0 Å². The van der Waals surface area contributed by atoms with Crippen LogP contribution in [0.25, 0.3) is 0 Å². The van der Waals surface area contributed by atoms with Crippen molar-refractivity contribution in [1.29, 1.82) is 0 Å². The molecule has 3 nitrogen and oxygen atoms in total. The molecule has 21 heavy (non-hydrogen) atoms. The minimum atomic E-state index is 0.213. The van der Waals surface area contributed by atoms with E-state index in [1.54, 1.807) is 0 Å². The number of hydrogen-bond donors (Lipinski definition) is 0. The first-order chi connectivity index (χ1) is 10.2. The highest BCUT2D eigenvalue weighted by Crippen LogP contribution is 2.13. The number of halogens is 2. The zero-order valence-corrected chi connectivity index (χ0v) is 14.6. The second-order valence-corrected chi connectivity index (χ2v) is 6.23. The van der Waals surface area contributed by atoms with E-state index in [-0.39, 0.29) is 13.6 Å². The minimum absolute atomic E-state index is 0.213. The molecule has 0 aliphatic rings. The summed E-state index contributed by atoms with van der Waals surface area (Å²) in [5.74, 6) is 0. The molecule has 0 aliphatic heterocycles. The summed E-state index contributed by atoms with van der Waals surface area (Å²) in [6.45, 7) is 1.46. The fourth-order valence-corrected chi connectivity index (χ4v) is 2.62. The molecule has 5 heteroatoms. The third kappa shape index (κ3) is 6.72. The molecule has 2 aromatic rings. The molecule has 0 saturated heterocycles. The first-order valence-corrected chi connectivity index (χ1v) is 8.05. The Kier molecular flexibility index (Phi) is 7.39. The molecule has 0 aromatic heterocycles. The Morgan fingerprint density at radius 2 is 1.14 bits per heavy atom. The van der Waals surface area contributed by atoms with E-state index in [4.69, 9.17) is 14.2 Å². The molecule has 0 aliphatic carbocycles. The molecule has 0 N–H and O–H groups in total. The zero-order valence-electron chi connectivity index (χ0n) is 11.4. The van der Waals surface area contributed by atoms with Crippen molar-refractivity contribution in [3.05, 3.63) is 68.6 Å². The number of rotatable bonds is 8. The number of ether oxygens (including phenoxy) is 3. The van der Waals surface area contributed by atoms with Crippen molar-refractivity contribution in [3.63, 3.8) is 0 Å². The van der Waals surface area contributed by atoms with Gasteiger partial charge in [-0.1, -0.05) is 56.1 Å². The smallest absolute Gasteiger partial charge is 0.150 e. The standard InChI is InChI=1S/C16H16Br2O3/c17-15-5-1-3-13(7-15)9-19-11-21-12-20-10-14-4-2-6-16(18)8-14/h1-8H,9-12H2. The molecule has 0 atom stereocenters. The zero-order chi connectivity index (χ0) is 14.9. The third-order valence-electron chi connectivity index (χ3n) is 2.65. The van der Waals surface area contributed by atoms with Crippen LogP contribution in [0, 0.1) is 0 Å². The SMILES string of the molecule is Brc1cccc(COCOCOCc2cccc(Br)c2)c1. The summed E-state index contributed by atoms with van der Waals surface area (Å²) in [4.78, 5) is 0. The summed E-state index contributed by atoms with van der Waals surface area (Å²) in [7, 11) is 0. The average molecular weight is 416 g/mol. The molecular weight excluding hydrogens is 400 g/mol. The summed E-state index contributed by atoms with van der Waals surface area (Å²) in [5.41, 5.74) is 2.20. The van der Waals surface area contributed by atoms with E-state index in [2.05, 4.69) is 31.9 Å². The van der Waals surface area contributed by atoms with Crippen molar-refractivity contribution >= 4 is 31.9 Å². The first-order valence-electron chi connectivity index (χ1n) is 6.46. The fourth-order valence-electron chi connectivity index (χ4n) is 1.72. The lowest BCUT2D eigenvalue weighted by atomic mass is 10.2. The Hall–Kier alpha value is -0.720. The van der Waals surface area contributed by atoms with Crippen molar-refractivity contribution in [1.82, 2.24) is 0 Å². The van der Waals surface area contributed by atoms with Gasteiger partial charge in [0.05, 0.1) is 13.2 Å². The van der Waals surface area contributed by atoms with E-state index in [1.807, 2.05) is 48.5 Å². The first kappa shape index (κ1) is 16.6. The maximum absolute atomic E-state index is 5.42. The van der Waals surface area contributed by atoms with Gasteiger partial charge in [-0.3, -0.25) is 0 Å². The van der Waals surface area contributed by atoms with E-state index in [0.29, 0.717) is 13.2 Å². The molecular formula is C16H16Br2O3. The monoisotopic (exact) mass is 414 g/mol. The van der Waals surface area contributed by atoms with Crippen LogP contribution in [0.4, 0.5) is 0 Å². The molecule has 0 heterocycles. The van der Waals surface area contributed by atoms with Crippen LogP contribution in [0.5, 0.6) is 0 Å². The topological polar surface area (TPSA) is 27.7 Å². The van der Waals surface area contributed by atoms with E-state index in [9.17, 15) is 0 Å². The fraction of sp³-hybridized carbons (Fsp3) is 0.250. The average Bonchev–Trinajstić information content (AvgIpc) is 2.46. The Morgan fingerprint density at radius 1 is 0.667 bits per heavy atom. The lowest BCUT2D eigenvalue weighted by Gasteiger charge is -2.07. The Bertz CT molecular complexity index is 511. The molecule has 0 fully saturated rings. The van der Waals surface area contributed by atoms with Gasteiger partial charge in [0, 0.05) is 8.95 Å². The van der Waals surface area contributed by atoms with Crippen LogP contribution in [0.15, 0.2) is 57.5 Å². The molecule has 2 rings (SSSR count). The predicted octanol–water partition coefficient (Wildman–Crippen LogP) is 4.88. The van der Waals surface area contributed by atoms with Gasteiger partial charge in [0.2, 0.25) is 0 Å². The van der Waals surface area contributed by atoms with Crippen molar-refractivity contribution in [3.8, 4) is 0 Å². The van der Waals surface area contributed by atoms with Gasteiger partial charge in [0.1, 0.15) is 13.6 Å². The second-order valence-electron chi connectivity index (χ2n) is 4.40. The Balaban J connectivity index is 1.54. The van der Waals surface area contributed by atoms with Crippen LogP contribution in [-0.4, -0.2) is 13.6 Å². The lowest BCUT2D eigenvalue weighted by molar-refractivity contribution is -0.139. The van der Waals surface area contributed by atoms with E-state index < -0.39 is 0 Å². The lowest BCUT2D eigenvalue weighted by Crippen LogP contribution is -2.05. The van der Waals surface area contributed by atoms with Crippen molar-refractivity contribution in [2.45, 2.75) is 13.2 Å². The summed E-state index contributed by atoms with van der Waals surface area (Å²) in [6.07, 6.45) is 0. The summed E-state index contributed by atoms with van der Waals surface area (Å²) < 4.78 is 18.2. The van der Waals surface area contributed by atoms with Gasteiger partial charge in [0.25, 0.3) is 0 Å². The Morgan fingerprint density at radius 3 is 1.57 bits per heavy atom. The van der Waals surface area contributed by atoms with Crippen LogP contribution in [-0.2, 0) is 27.4 Å². The number of benzene rings is 2. The van der Waals surface area contributed by atoms with Crippen LogP contribution in [0.1, 0.15) is 11.1 Å². The molecule has 2 aromatic carbocycles. The minimum Gasteiger partial charge on any atom is -0.351 e. The predicted molar refractivity (Wildman–Crippen MR) is 88.7 cm³/mol. The molecule has 0 saturated carbocycles. The summed E-state index contributed by atoms with van der Waals surface area (Å²) in [5, 5.41) is 0. The van der Waals surface area contributed by atoms with Gasteiger partial charge in [-0.15, -0.1) is 0 Å². The van der Waals surface area contributed by atoms with Crippen molar-refractivity contribution in [2.24, 2.45) is 0 Å². The second kappa shape index (κ2) is 9.33. The van der Waals surface area contributed by atoms with Gasteiger partial charge in [-0.2, -0.15) is 0 Å². The van der Waals surface area contributed by atoms with Gasteiger partial charge < -0.3 is 14.2 Å². The molecule has 112 valence electrons. The molecule has 0 spiro atoms. The van der Waals surface area contributed by atoms with Crippen LogP contribution >= 0.6 is 31.9 Å². The molecule has 0 bridgehead atoms. The number of hydrogen-bond acceptors (Lipinski definition) is 3. The normalized spacial score (nSPS) is 10.8. The summed E-state index contributed by atoms with van der Waals surface area (Å²) >= 11 is 6.84. The maximum Gasteiger partial charge on any atom is 0.150 e. The molecule has 0 amide bonds. The van der Waals surface area contributed by atoms with Crippen LogP contribution < -0.4 is 0 Å². The van der Waals surface area contributed by atoms with Gasteiger partial charge in [-0.25, -0.2) is 0 Å². The quantitative estimate of drug-likeness (QED) is 0.454. The van der Waals surface area contributed by atoms with Crippen molar-refractivity contribution < 1.29 is 14.2 Å². The highest BCUT2D eigenvalue weighted by molar-refractivity contribution is 9.10. The summed E-state index contributed by atoms with van der Waals surface area (Å²) in [6, 6.07) is 16.0. The van der Waals surface area contributed by atoms with E-state index in [1.165, 1.54) is 0 Å². The Labute approximate surface area is 141 Å². The third-order valence-corrected chi connectivity index (χ3v) is 3.64. The van der Waals surface area contributed by atoms with Gasteiger partial charge >= 0.3 is 0 Å². The maximum atomic E-state index is 5.42. The van der Waals surface area contributed by atoms with Crippen LogP contribution in [0.2, 0.25) is 0 Å². The molecule has 0 unspecified atom stereocenters. The highest BCUT2D eigenvalue weighted by atomic mass is 79.9. The van der Waals surface area contributed by atoms with Crippen molar-refractivity contribution in [2.75, 3.05) is 13.6 Å². The highest BCUT2D eigenvalue weighted by Gasteiger charge is 1.96. The largest absolute Gasteiger partial charge is 0.351 e. The van der Waals surface area contributed by atoms with Gasteiger partial charge in [-0.05, 0) is 35.4 Å².